The van der Waals surface area contributed by atoms with E-state index in [0.29, 0.717) is 41.6 Å². The average Bonchev–Trinajstić information content (AvgIpc) is 3.40. The van der Waals surface area contributed by atoms with Crippen LogP contribution in [0.3, 0.4) is 0 Å². The number of hydrogen-bond donors (Lipinski definition) is 1. The molecule has 0 spiro atoms. The third kappa shape index (κ3) is 6.86. The largest absolute Gasteiger partial charge is 0.437 e. The predicted molar refractivity (Wildman–Crippen MR) is 172 cm³/mol. The number of ether oxygens (including phenoxy) is 1. The molecule has 1 fully saturated rings. The lowest BCUT2D eigenvalue weighted by atomic mass is 10.0. The number of aryl methyl sites for hydroxylation is 2. The maximum atomic E-state index is 14.1. The summed E-state index contributed by atoms with van der Waals surface area (Å²) < 4.78 is 50.4. The first kappa shape index (κ1) is 31.5. The fraction of sp³-hybridized carbons (Fsp3) is 0.265. The molecule has 2 aromatic heterocycles. The Morgan fingerprint density at radius 1 is 0.957 bits per heavy atom. The highest BCUT2D eigenvalue weighted by Gasteiger charge is 2.34. The van der Waals surface area contributed by atoms with Crippen molar-refractivity contribution in [2.24, 2.45) is 7.05 Å². The van der Waals surface area contributed by atoms with Gasteiger partial charge in [-0.15, -0.1) is 0 Å². The fourth-order valence-electron chi connectivity index (χ4n) is 5.39. The van der Waals surface area contributed by atoms with Crippen LogP contribution in [-0.4, -0.2) is 63.5 Å². The van der Waals surface area contributed by atoms with E-state index in [9.17, 15) is 18.0 Å². The molecule has 46 heavy (non-hydrogen) atoms. The third-order valence-electron chi connectivity index (χ3n) is 8.07. The van der Waals surface area contributed by atoms with Gasteiger partial charge in [0, 0.05) is 63.2 Å². The molecule has 0 unspecified atom stereocenters. The topological polar surface area (TPSA) is 75.5 Å². The first-order valence-electron chi connectivity index (χ1n) is 14.7. The molecule has 1 aliphatic rings. The number of nitrogens with one attached hydrogen (secondary N) is 1. The van der Waals surface area contributed by atoms with Crippen LogP contribution in [0.25, 0.3) is 22.4 Å². The Hall–Kier alpha value is -4.45. The molecule has 1 amide bonds. The maximum Gasteiger partial charge on any atom is 0.416 e. The van der Waals surface area contributed by atoms with Crippen LogP contribution < -0.4 is 10.1 Å². The number of fused-ring (bicyclic) bond motifs is 1. The minimum atomic E-state index is -4.62. The lowest BCUT2D eigenvalue weighted by Crippen LogP contribution is -2.44. The summed E-state index contributed by atoms with van der Waals surface area (Å²) >= 11 is 6.41. The lowest BCUT2D eigenvalue weighted by molar-refractivity contribution is -0.138. The lowest BCUT2D eigenvalue weighted by Gasteiger charge is -2.33. The second-order valence-electron chi connectivity index (χ2n) is 11.5. The van der Waals surface area contributed by atoms with Crippen molar-refractivity contribution in [3.8, 4) is 23.0 Å². The summed E-state index contributed by atoms with van der Waals surface area (Å²) in [5, 5.41) is 2.84. The third-order valence-corrected chi connectivity index (χ3v) is 8.39. The summed E-state index contributed by atoms with van der Waals surface area (Å²) in [5.41, 5.74) is 2.60. The number of piperazine rings is 1. The molecule has 0 atom stereocenters. The van der Waals surface area contributed by atoms with Gasteiger partial charge in [0.25, 0.3) is 5.91 Å². The van der Waals surface area contributed by atoms with E-state index in [4.69, 9.17) is 21.3 Å². The zero-order valence-corrected chi connectivity index (χ0v) is 26.3. The Bertz CT molecular complexity index is 1900. The number of hydrogen-bond acceptors (Lipinski definition) is 6. The molecule has 1 aliphatic heterocycles. The molecule has 238 valence electrons. The Labute approximate surface area is 269 Å². The number of aromatic nitrogens is 3. The number of halogens is 4. The van der Waals surface area contributed by atoms with Crippen LogP contribution in [0.1, 0.15) is 27.0 Å². The number of rotatable bonds is 7. The number of carbonyl (C=O) groups is 1. The van der Waals surface area contributed by atoms with Gasteiger partial charge in [0.05, 0.1) is 21.8 Å². The second kappa shape index (κ2) is 12.7. The van der Waals surface area contributed by atoms with Crippen LogP contribution in [0.2, 0.25) is 5.02 Å². The highest BCUT2D eigenvalue weighted by atomic mass is 35.5. The van der Waals surface area contributed by atoms with E-state index in [1.165, 1.54) is 24.3 Å². The molecule has 3 heterocycles. The Balaban J connectivity index is 1.25. The monoisotopic (exact) mass is 648 g/mol. The molecule has 0 radical (unpaired) electrons. The van der Waals surface area contributed by atoms with Crippen LogP contribution in [0.5, 0.6) is 11.6 Å². The number of anilines is 1. The molecule has 0 saturated carbocycles. The zero-order chi connectivity index (χ0) is 32.6. The van der Waals surface area contributed by atoms with Crippen LogP contribution in [0, 0.1) is 6.92 Å². The highest BCUT2D eigenvalue weighted by Crippen LogP contribution is 2.36. The van der Waals surface area contributed by atoms with Gasteiger partial charge < -0.3 is 19.5 Å². The average molecular weight is 649 g/mol. The SMILES string of the molecule is Cc1ccc(-c2nc(Oc3ccc(Cl)c(NC(=O)c4ccc(CN5CCN(C)CC5)c(C(F)(F)F)c4)c3)c3c(ccn3C)n2)cc1. The van der Waals surface area contributed by atoms with Crippen LogP contribution in [-0.2, 0) is 19.8 Å². The quantitative estimate of drug-likeness (QED) is 0.198. The standard InChI is InChI=1S/C34H32ClF3N6O2/c1-21-4-6-22(7-5-21)31-39-28-12-13-43(3)30(28)33(41-31)46-25-10-11-27(35)29(19-25)40-32(45)23-8-9-24(26(18-23)34(36,37)38)20-44-16-14-42(2)15-17-44/h4-13,18-19H,14-17,20H2,1-3H3,(H,40,45). The van der Waals surface area contributed by atoms with E-state index in [0.717, 1.165) is 30.3 Å². The minimum absolute atomic E-state index is 0.129. The second-order valence-corrected chi connectivity index (χ2v) is 11.9. The molecule has 1 N–H and O–H groups in total. The molecule has 0 aliphatic carbocycles. The summed E-state index contributed by atoms with van der Waals surface area (Å²) in [5.74, 6) is 0.352. The van der Waals surface area contributed by atoms with Crippen LogP contribution >= 0.6 is 11.6 Å². The van der Waals surface area contributed by atoms with Crippen molar-refractivity contribution in [1.29, 1.82) is 0 Å². The number of alkyl halides is 3. The van der Waals surface area contributed by atoms with Gasteiger partial charge in [-0.3, -0.25) is 9.69 Å². The van der Waals surface area contributed by atoms with E-state index in [1.54, 1.807) is 6.07 Å². The van der Waals surface area contributed by atoms with Gasteiger partial charge in [-0.2, -0.15) is 18.2 Å². The molecule has 8 nitrogen and oxygen atoms in total. The number of benzene rings is 3. The van der Waals surface area contributed by atoms with Gasteiger partial charge in [0.15, 0.2) is 5.82 Å². The van der Waals surface area contributed by atoms with Crippen LogP contribution in [0.4, 0.5) is 18.9 Å². The molecule has 5 aromatic rings. The van der Waals surface area contributed by atoms with Crippen molar-refractivity contribution in [3.63, 3.8) is 0 Å². The van der Waals surface area contributed by atoms with Crippen molar-refractivity contribution in [2.45, 2.75) is 19.6 Å². The number of carbonyl (C=O) groups excluding carboxylic acids is 1. The van der Waals surface area contributed by atoms with E-state index in [1.807, 2.05) is 67.0 Å². The minimum Gasteiger partial charge on any atom is -0.437 e. The zero-order valence-electron chi connectivity index (χ0n) is 25.5. The first-order chi connectivity index (χ1) is 21.9. The molecule has 0 bridgehead atoms. The summed E-state index contributed by atoms with van der Waals surface area (Å²) in [7, 11) is 3.84. The Morgan fingerprint density at radius 3 is 2.41 bits per heavy atom. The van der Waals surface area contributed by atoms with Crippen LogP contribution in [0.15, 0.2) is 72.9 Å². The summed E-state index contributed by atoms with van der Waals surface area (Å²) in [6.45, 7) is 5.06. The van der Waals surface area contributed by atoms with E-state index in [2.05, 4.69) is 15.2 Å². The van der Waals surface area contributed by atoms with Gasteiger partial charge in [0.2, 0.25) is 5.88 Å². The first-order valence-corrected chi connectivity index (χ1v) is 15.1. The summed E-state index contributed by atoms with van der Waals surface area (Å²) in [6.07, 6.45) is -2.77. The van der Waals surface area contributed by atoms with Gasteiger partial charge in [-0.1, -0.05) is 47.5 Å². The van der Waals surface area contributed by atoms with Crippen molar-refractivity contribution >= 4 is 34.2 Å². The number of nitrogens with zero attached hydrogens (tertiary/aromatic N) is 5. The van der Waals surface area contributed by atoms with Gasteiger partial charge in [-0.25, -0.2) is 4.98 Å². The van der Waals surface area contributed by atoms with E-state index >= 15 is 0 Å². The van der Waals surface area contributed by atoms with Crippen molar-refractivity contribution in [3.05, 3.63) is 100 Å². The van der Waals surface area contributed by atoms with E-state index < -0.39 is 17.6 Å². The molecule has 1 saturated heterocycles. The van der Waals surface area contributed by atoms with Gasteiger partial charge >= 0.3 is 6.18 Å². The highest BCUT2D eigenvalue weighted by molar-refractivity contribution is 6.34. The smallest absolute Gasteiger partial charge is 0.416 e. The number of amides is 1. The van der Waals surface area contributed by atoms with Gasteiger partial charge in [0.1, 0.15) is 11.3 Å². The molecule has 3 aromatic carbocycles. The predicted octanol–water partition coefficient (Wildman–Crippen LogP) is 7.41. The molecule has 12 heteroatoms. The van der Waals surface area contributed by atoms with Crippen molar-refractivity contribution < 1.29 is 22.7 Å². The summed E-state index contributed by atoms with van der Waals surface area (Å²) in [4.78, 5) is 26.8. The Kier molecular flexibility index (Phi) is 8.73. The van der Waals surface area contributed by atoms with Crippen molar-refractivity contribution in [1.82, 2.24) is 24.3 Å². The van der Waals surface area contributed by atoms with E-state index in [-0.39, 0.29) is 28.4 Å². The molecular formula is C34H32ClF3N6O2. The Morgan fingerprint density at radius 2 is 1.70 bits per heavy atom. The normalized spacial score (nSPS) is 14.5. The van der Waals surface area contributed by atoms with Gasteiger partial charge in [-0.05, 0) is 49.9 Å². The number of likely N-dealkylation sites (N-methyl/N-ethyl adjacent to an activating group) is 1. The maximum absolute atomic E-state index is 14.1. The molecule has 6 rings (SSSR count). The fourth-order valence-corrected chi connectivity index (χ4v) is 5.56. The molecular weight excluding hydrogens is 617 g/mol. The van der Waals surface area contributed by atoms with Crippen molar-refractivity contribution in [2.75, 3.05) is 38.5 Å². The summed E-state index contributed by atoms with van der Waals surface area (Å²) in [6, 6.07) is 18.0.